The normalized spacial score (nSPS) is 17.8. The summed E-state index contributed by atoms with van der Waals surface area (Å²) in [6.07, 6.45) is 3.16. The molecular weight excluding hydrogens is 558 g/mol. The topological polar surface area (TPSA) is 109 Å². The Morgan fingerprint density at radius 1 is 1.08 bits per heavy atom. The first-order valence-electron chi connectivity index (χ1n) is 12.5. The highest BCUT2D eigenvalue weighted by Crippen LogP contribution is 2.28. The number of aryl methyl sites for hydroxylation is 1. The fourth-order valence-corrected chi connectivity index (χ4v) is 6.88. The number of carbonyl (C=O) groups is 1. The van der Waals surface area contributed by atoms with Crippen LogP contribution in [-0.4, -0.2) is 59.8 Å². The van der Waals surface area contributed by atoms with Crippen molar-refractivity contribution in [2.24, 2.45) is 5.92 Å². The van der Waals surface area contributed by atoms with Gasteiger partial charge >= 0.3 is 0 Å². The second kappa shape index (κ2) is 11.0. The summed E-state index contributed by atoms with van der Waals surface area (Å²) in [6.45, 7) is 4.88. The number of hydrogen-bond acceptors (Lipinski definition) is 7. The van der Waals surface area contributed by atoms with Gasteiger partial charge in [-0.1, -0.05) is 27.2 Å². The Hall–Kier alpha value is -2.60. The van der Waals surface area contributed by atoms with E-state index in [4.69, 9.17) is 4.52 Å². The molecule has 2 aliphatic rings. The first-order chi connectivity index (χ1) is 17.8. The number of nitrogens with zero attached hydrogens (tertiary/aromatic N) is 4. The van der Waals surface area contributed by atoms with Gasteiger partial charge in [0.1, 0.15) is 0 Å². The SMILES string of the molecule is Cc1ccc(NC(=O)C2CCN(Cc3nc(-c4ccc(Br)cc4)no3)CC2)cc1S(=O)(=O)N1CCCC1. The van der Waals surface area contributed by atoms with E-state index in [1.54, 1.807) is 25.1 Å². The van der Waals surface area contributed by atoms with Crippen LogP contribution >= 0.6 is 15.9 Å². The number of anilines is 1. The highest BCUT2D eigenvalue weighted by Gasteiger charge is 2.30. The van der Waals surface area contributed by atoms with Crippen molar-refractivity contribution in [3.05, 3.63) is 58.4 Å². The summed E-state index contributed by atoms with van der Waals surface area (Å²) in [6, 6.07) is 12.9. The molecule has 3 aromatic rings. The van der Waals surface area contributed by atoms with Gasteiger partial charge in [0.15, 0.2) is 0 Å². The molecule has 0 saturated carbocycles. The Bertz CT molecular complexity index is 1360. The lowest BCUT2D eigenvalue weighted by Crippen LogP contribution is -2.37. The Morgan fingerprint density at radius 3 is 2.49 bits per heavy atom. The minimum atomic E-state index is -3.55. The van der Waals surface area contributed by atoms with Crippen LogP contribution in [0.3, 0.4) is 0 Å². The maximum Gasteiger partial charge on any atom is 0.243 e. The van der Waals surface area contributed by atoms with Crippen LogP contribution in [0.1, 0.15) is 37.1 Å². The summed E-state index contributed by atoms with van der Waals surface area (Å²) in [5.74, 6) is 0.883. The Balaban J connectivity index is 1.16. The average molecular weight is 589 g/mol. The Labute approximate surface area is 225 Å². The van der Waals surface area contributed by atoms with E-state index in [0.717, 1.165) is 36.0 Å². The lowest BCUT2D eigenvalue weighted by Gasteiger charge is -2.30. The smallest absolute Gasteiger partial charge is 0.243 e. The van der Waals surface area contributed by atoms with Crippen LogP contribution in [-0.2, 0) is 21.4 Å². The molecule has 3 heterocycles. The average Bonchev–Trinajstić information content (AvgIpc) is 3.59. The van der Waals surface area contributed by atoms with E-state index >= 15 is 0 Å². The van der Waals surface area contributed by atoms with E-state index in [0.29, 0.717) is 55.4 Å². The number of halogens is 1. The predicted molar refractivity (Wildman–Crippen MR) is 143 cm³/mol. The number of rotatable bonds is 7. The molecule has 1 amide bonds. The maximum absolute atomic E-state index is 13.1. The van der Waals surface area contributed by atoms with Gasteiger partial charge in [-0.25, -0.2) is 8.42 Å². The van der Waals surface area contributed by atoms with Gasteiger partial charge in [0.05, 0.1) is 11.4 Å². The van der Waals surface area contributed by atoms with Gasteiger partial charge < -0.3 is 9.84 Å². The summed E-state index contributed by atoms with van der Waals surface area (Å²) in [5.41, 5.74) is 2.09. The first-order valence-corrected chi connectivity index (χ1v) is 14.8. The van der Waals surface area contributed by atoms with Gasteiger partial charge in [-0.3, -0.25) is 9.69 Å². The third-order valence-electron chi connectivity index (χ3n) is 7.03. The molecule has 0 atom stereocenters. The summed E-state index contributed by atoms with van der Waals surface area (Å²) in [5, 5.41) is 7.04. The molecule has 9 nitrogen and oxygen atoms in total. The van der Waals surface area contributed by atoms with Crippen LogP contribution < -0.4 is 5.32 Å². The number of sulfonamides is 1. The summed E-state index contributed by atoms with van der Waals surface area (Å²) >= 11 is 3.42. The number of benzene rings is 2. The van der Waals surface area contributed by atoms with Crippen molar-refractivity contribution in [3.8, 4) is 11.4 Å². The van der Waals surface area contributed by atoms with Gasteiger partial charge in [-0.05, 0) is 87.7 Å². The molecule has 1 aromatic heterocycles. The van der Waals surface area contributed by atoms with Crippen molar-refractivity contribution in [3.63, 3.8) is 0 Å². The predicted octanol–water partition coefficient (Wildman–Crippen LogP) is 4.44. The number of amides is 1. The van der Waals surface area contributed by atoms with E-state index in [9.17, 15) is 13.2 Å². The van der Waals surface area contributed by atoms with E-state index in [-0.39, 0.29) is 16.7 Å². The zero-order valence-corrected chi connectivity index (χ0v) is 23.1. The Morgan fingerprint density at radius 2 is 1.78 bits per heavy atom. The second-order valence-electron chi connectivity index (χ2n) is 9.65. The third-order valence-corrected chi connectivity index (χ3v) is 9.60. The molecule has 2 saturated heterocycles. The van der Waals surface area contributed by atoms with Gasteiger partial charge in [0.2, 0.25) is 27.6 Å². The maximum atomic E-state index is 13.1. The van der Waals surface area contributed by atoms with E-state index in [1.165, 1.54) is 4.31 Å². The zero-order chi connectivity index (χ0) is 26.0. The van der Waals surface area contributed by atoms with Crippen molar-refractivity contribution in [2.45, 2.75) is 44.0 Å². The quantitative estimate of drug-likeness (QED) is 0.435. The van der Waals surface area contributed by atoms with Crippen LogP contribution in [0.5, 0.6) is 0 Å². The highest BCUT2D eigenvalue weighted by molar-refractivity contribution is 9.10. The van der Waals surface area contributed by atoms with Crippen molar-refractivity contribution < 1.29 is 17.7 Å². The molecule has 0 unspecified atom stereocenters. The zero-order valence-electron chi connectivity index (χ0n) is 20.7. The van der Waals surface area contributed by atoms with Crippen LogP contribution in [0, 0.1) is 12.8 Å². The minimum absolute atomic E-state index is 0.0802. The summed E-state index contributed by atoms with van der Waals surface area (Å²) in [4.78, 5) is 20.0. The fraction of sp³-hybridized carbons (Fsp3) is 0.423. The number of nitrogens with one attached hydrogen (secondary N) is 1. The number of likely N-dealkylation sites (tertiary alicyclic amines) is 1. The van der Waals surface area contributed by atoms with Crippen LogP contribution in [0.4, 0.5) is 5.69 Å². The van der Waals surface area contributed by atoms with Gasteiger partial charge in [0, 0.05) is 34.7 Å². The van der Waals surface area contributed by atoms with Crippen molar-refractivity contribution >= 4 is 37.5 Å². The lowest BCUT2D eigenvalue weighted by molar-refractivity contribution is -0.121. The minimum Gasteiger partial charge on any atom is -0.338 e. The first kappa shape index (κ1) is 26.0. The molecule has 196 valence electrons. The lowest BCUT2D eigenvalue weighted by atomic mass is 9.96. The number of piperidine rings is 1. The third kappa shape index (κ3) is 5.95. The highest BCUT2D eigenvalue weighted by atomic mass is 79.9. The molecular formula is C26H30BrN5O4S. The van der Waals surface area contributed by atoms with E-state index < -0.39 is 10.0 Å². The van der Waals surface area contributed by atoms with Gasteiger partial charge in [0.25, 0.3) is 0 Å². The molecule has 0 bridgehead atoms. The molecule has 37 heavy (non-hydrogen) atoms. The van der Waals surface area contributed by atoms with Crippen LogP contribution in [0.25, 0.3) is 11.4 Å². The fourth-order valence-electron chi connectivity index (χ4n) is 4.85. The van der Waals surface area contributed by atoms with Crippen LogP contribution in [0.15, 0.2) is 56.4 Å². The molecule has 11 heteroatoms. The van der Waals surface area contributed by atoms with Gasteiger partial charge in [-0.15, -0.1) is 0 Å². The molecule has 1 N–H and O–H groups in total. The molecule has 2 aromatic carbocycles. The monoisotopic (exact) mass is 587 g/mol. The molecule has 2 aliphatic heterocycles. The van der Waals surface area contributed by atoms with Crippen LogP contribution in [0.2, 0.25) is 0 Å². The number of aromatic nitrogens is 2. The molecule has 0 spiro atoms. The van der Waals surface area contributed by atoms with Crippen molar-refractivity contribution in [1.82, 2.24) is 19.3 Å². The number of hydrogen-bond donors (Lipinski definition) is 1. The number of carbonyl (C=O) groups excluding carboxylic acids is 1. The van der Waals surface area contributed by atoms with Crippen molar-refractivity contribution in [1.29, 1.82) is 0 Å². The summed E-state index contributed by atoms with van der Waals surface area (Å²) in [7, 11) is -3.55. The Kier molecular flexibility index (Phi) is 7.75. The van der Waals surface area contributed by atoms with E-state index in [1.807, 2.05) is 24.3 Å². The summed E-state index contributed by atoms with van der Waals surface area (Å²) < 4.78 is 34.1. The molecule has 0 aliphatic carbocycles. The molecule has 2 fully saturated rings. The van der Waals surface area contributed by atoms with Crippen molar-refractivity contribution in [2.75, 3.05) is 31.5 Å². The largest absolute Gasteiger partial charge is 0.338 e. The second-order valence-corrected chi connectivity index (χ2v) is 12.5. The molecule has 0 radical (unpaired) electrons. The standard InChI is InChI=1S/C26H30BrN5O4S/c1-18-4-9-22(16-23(18)37(34,35)32-12-2-3-13-32)28-26(33)20-10-14-31(15-11-20)17-24-29-25(30-36-24)19-5-7-21(27)8-6-19/h4-9,16,20H,2-3,10-15,17H2,1H3,(H,28,33). The van der Waals surface area contributed by atoms with Gasteiger partial charge in [-0.2, -0.15) is 9.29 Å². The van der Waals surface area contributed by atoms with E-state index in [2.05, 4.69) is 36.3 Å². The molecule has 5 rings (SSSR count).